The molecule has 3 aromatic rings. The van der Waals surface area contributed by atoms with E-state index in [0.717, 1.165) is 28.7 Å². The van der Waals surface area contributed by atoms with Gasteiger partial charge >= 0.3 is 6.09 Å². The Morgan fingerprint density at radius 3 is 2.09 bits per heavy atom. The van der Waals surface area contributed by atoms with Gasteiger partial charge in [-0.05, 0) is 100 Å². The zero-order valence-electron chi connectivity index (χ0n) is 28.6. The Bertz CT molecular complexity index is 1450. The number of rotatable bonds is 13. The average Bonchev–Trinajstić information content (AvgIpc) is 2.99. The van der Waals surface area contributed by atoms with Gasteiger partial charge in [-0.2, -0.15) is 0 Å². The molecule has 0 heterocycles. The molecular formula is C38H51N3O5. The summed E-state index contributed by atoms with van der Waals surface area (Å²) in [5.74, 6) is -0.217. The van der Waals surface area contributed by atoms with Crippen LogP contribution in [-0.4, -0.2) is 45.6 Å². The Hall–Kier alpha value is -4.33. The summed E-state index contributed by atoms with van der Waals surface area (Å²) >= 11 is 0. The standard InChI is InChI=1S/C38H51N3O5/c1-25(2)14-16-28(5)41(36(44)33(40-37(45)46-38(6,7)8)23-29-17-20-32(42)21-18-29)34(31-19-15-26(3)27(4)22-31)35(43)39-24-30-12-10-9-11-13-30/h9-13,15,17-22,25,28,33-34,42H,14,16,23-24H2,1-8H3,(H,39,43)(H,40,45). The van der Waals surface area contributed by atoms with Crippen molar-refractivity contribution in [2.24, 2.45) is 5.92 Å². The molecule has 0 spiro atoms. The summed E-state index contributed by atoms with van der Waals surface area (Å²) in [5, 5.41) is 15.8. The molecule has 0 saturated heterocycles. The first-order valence-corrected chi connectivity index (χ1v) is 16.1. The van der Waals surface area contributed by atoms with Crippen molar-refractivity contribution in [3.05, 3.63) is 101 Å². The number of phenolic OH excluding ortho intramolecular Hbond substituents is 1. The topological polar surface area (TPSA) is 108 Å². The number of amides is 3. The molecule has 3 rings (SSSR count). The number of carbonyl (C=O) groups excluding carboxylic acids is 3. The first-order chi connectivity index (χ1) is 21.6. The van der Waals surface area contributed by atoms with Crippen LogP contribution in [0.2, 0.25) is 0 Å². The van der Waals surface area contributed by atoms with Crippen LogP contribution < -0.4 is 10.6 Å². The summed E-state index contributed by atoms with van der Waals surface area (Å²) in [4.78, 5) is 43.9. The molecule has 248 valence electrons. The van der Waals surface area contributed by atoms with Crippen molar-refractivity contribution in [1.29, 1.82) is 0 Å². The van der Waals surface area contributed by atoms with Crippen molar-refractivity contribution in [3.63, 3.8) is 0 Å². The van der Waals surface area contributed by atoms with Crippen LogP contribution in [0.1, 0.15) is 88.2 Å². The third kappa shape index (κ3) is 10.9. The largest absolute Gasteiger partial charge is 0.508 e. The van der Waals surface area contributed by atoms with Gasteiger partial charge in [-0.1, -0.05) is 74.5 Å². The second kappa shape index (κ2) is 16.3. The SMILES string of the molecule is Cc1ccc(C(C(=O)NCc2ccccc2)N(C(=O)C(Cc2ccc(O)cc2)NC(=O)OC(C)(C)C)C(C)CCC(C)C)cc1C. The number of hydrogen-bond donors (Lipinski definition) is 3. The van der Waals surface area contributed by atoms with E-state index in [4.69, 9.17) is 4.74 Å². The Balaban J connectivity index is 2.12. The van der Waals surface area contributed by atoms with E-state index in [9.17, 15) is 19.5 Å². The number of aryl methyl sites for hydroxylation is 2. The summed E-state index contributed by atoms with van der Waals surface area (Å²) in [6.07, 6.45) is 0.917. The van der Waals surface area contributed by atoms with Gasteiger partial charge in [-0.3, -0.25) is 9.59 Å². The molecule has 3 atom stereocenters. The number of carbonyl (C=O) groups is 3. The number of hydrogen-bond acceptors (Lipinski definition) is 5. The molecule has 8 nitrogen and oxygen atoms in total. The first-order valence-electron chi connectivity index (χ1n) is 16.1. The maximum atomic E-state index is 14.9. The quantitative estimate of drug-likeness (QED) is 0.186. The highest BCUT2D eigenvalue weighted by molar-refractivity contribution is 5.92. The summed E-state index contributed by atoms with van der Waals surface area (Å²) in [6.45, 7) is 15.8. The molecule has 46 heavy (non-hydrogen) atoms. The lowest BCUT2D eigenvalue weighted by Gasteiger charge is -2.39. The molecule has 0 aliphatic heterocycles. The van der Waals surface area contributed by atoms with Gasteiger partial charge in [0.15, 0.2) is 0 Å². The number of benzene rings is 3. The third-order valence-corrected chi connectivity index (χ3v) is 7.94. The summed E-state index contributed by atoms with van der Waals surface area (Å²) in [7, 11) is 0. The van der Waals surface area contributed by atoms with Crippen molar-refractivity contribution in [2.45, 2.75) is 105 Å². The van der Waals surface area contributed by atoms with Gasteiger partial charge in [0, 0.05) is 19.0 Å². The smallest absolute Gasteiger partial charge is 0.408 e. The van der Waals surface area contributed by atoms with Crippen LogP contribution in [0, 0.1) is 19.8 Å². The molecule has 3 N–H and O–H groups in total. The van der Waals surface area contributed by atoms with E-state index in [1.807, 2.05) is 69.3 Å². The van der Waals surface area contributed by atoms with Crippen molar-refractivity contribution >= 4 is 17.9 Å². The van der Waals surface area contributed by atoms with Crippen LogP contribution in [0.25, 0.3) is 0 Å². The van der Waals surface area contributed by atoms with E-state index >= 15 is 0 Å². The summed E-state index contributed by atoms with van der Waals surface area (Å²) < 4.78 is 5.56. The van der Waals surface area contributed by atoms with Crippen LogP contribution >= 0.6 is 0 Å². The highest BCUT2D eigenvalue weighted by Gasteiger charge is 2.39. The Labute approximate surface area is 274 Å². The molecule has 3 unspecified atom stereocenters. The van der Waals surface area contributed by atoms with Crippen LogP contribution in [0.4, 0.5) is 4.79 Å². The maximum absolute atomic E-state index is 14.9. The summed E-state index contributed by atoms with van der Waals surface area (Å²) in [6, 6.07) is 19.7. The van der Waals surface area contributed by atoms with Crippen LogP contribution in [0.5, 0.6) is 5.75 Å². The molecule has 0 radical (unpaired) electrons. The first kappa shape index (κ1) is 36.1. The highest BCUT2D eigenvalue weighted by Crippen LogP contribution is 2.29. The number of ether oxygens (including phenoxy) is 1. The van der Waals surface area contributed by atoms with E-state index in [0.29, 0.717) is 24.4 Å². The fourth-order valence-electron chi connectivity index (χ4n) is 5.26. The van der Waals surface area contributed by atoms with Crippen LogP contribution in [0.15, 0.2) is 72.8 Å². The minimum absolute atomic E-state index is 0.0977. The fraction of sp³-hybridized carbons (Fsp3) is 0.447. The predicted octanol–water partition coefficient (Wildman–Crippen LogP) is 7.16. The Morgan fingerprint density at radius 1 is 0.848 bits per heavy atom. The van der Waals surface area contributed by atoms with Gasteiger partial charge in [0.05, 0.1) is 0 Å². The number of alkyl carbamates (subject to hydrolysis) is 1. The molecule has 0 aliphatic carbocycles. The van der Waals surface area contributed by atoms with Gasteiger partial charge in [0.25, 0.3) is 0 Å². The lowest BCUT2D eigenvalue weighted by Crippen LogP contribution is -2.56. The molecule has 8 heteroatoms. The maximum Gasteiger partial charge on any atom is 0.408 e. The monoisotopic (exact) mass is 629 g/mol. The molecule has 0 bridgehead atoms. The zero-order chi connectivity index (χ0) is 34.0. The molecule has 0 saturated carbocycles. The molecule has 3 aromatic carbocycles. The van der Waals surface area contributed by atoms with E-state index in [1.165, 1.54) is 0 Å². The number of nitrogens with zero attached hydrogens (tertiary/aromatic N) is 1. The lowest BCUT2D eigenvalue weighted by molar-refractivity contribution is -0.145. The number of nitrogens with one attached hydrogen (secondary N) is 2. The molecule has 0 aromatic heterocycles. The van der Waals surface area contributed by atoms with Gasteiger partial charge in [0.2, 0.25) is 11.8 Å². The average molecular weight is 630 g/mol. The van der Waals surface area contributed by atoms with Crippen LogP contribution in [-0.2, 0) is 27.3 Å². The molecular weight excluding hydrogens is 578 g/mol. The van der Waals surface area contributed by atoms with Crippen molar-refractivity contribution < 1.29 is 24.2 Å². The van der Waals surface area contributed by atoms with Gasteiger partial charge in [0.1, 0.15) is 23.4 Å². The van der Waals surface area contributed by atoms with Gasteiger partial charge in [-0.25, -0.2) is 4.79 Å². The minimum Gasteiger partial charge on any atom is -0.508 e. The van der Waals surface area contributed by atoms with Crippen LogP contribution in [0.3, 0.4) is 0 Å². The van der Waals surface area contributed by atoms with Crippen molar-refractivity contribution in [3.8, 4) is 5.75 Å². The van der Waals surface area contributed by atoms with E-state index in [1.54, 1.807) is 49.9 Å². The molecule has 3 amide bonds. The zero-order valence-corrected chi connectivity index (χ0v) is 28.6. The molecule has 0 aliphatic rings. The highest BCUT2D eigenvalue weighted by atomic mass is 16.6. The van der Waals surface area contributed by atoms with Gasteiger partial charge in [-0.15, -0.1) is 0 Å². The normalized spacial score (nSPS) is 13.4. The fourth-order valence-corrected chi connectivity index (χ4v) is 5.26. The molecule has 0 fully saturated rings. The van der Waals surface area contributed by atoms with Gasteiger partial charge < -0.3 is 25.4 Å². The minimum atomic E-state index is -1.04. The number of phenols is 1. The van der Waals surface area contributed by atoms with Crippen molar-refractivity contribution in [1.82, 2.24) is 15.5 Å². The third-order valence-electron chi connectivity index (χ3n) is 7.94. The van der Waals surface area contributed by atoms with E-state index in [2.05, 4.69) is 24.5 Å². The van der Waals surface area contributed by atoms with E-state index < -0.39 is 29.7 Å². The lowest BCUT2D eigenvalue weighted by atomic mass is 9.94. The number of aromatic hydroxyl groups is 1. The second-order valence-corrected chi connectivity index (χ2v) is 13.6. The Morgan fingerprint density at radius 2 is 1.50 bits per heavy atom. The summed E-state index contributed by atoms with van der Waals surface area (Å²) in [5.41, 5.74) is 3.68. The Kier molecular flexibility index (Phi) is 12.8. The predicted molar refractivity (Wildman–Crippen MR) is 182 cm³/mol. The second-order valence-electron chi connectivity index (χ2n) is 13.6. The van der Waals surface area contributed by atoms with E-state index in [-0.39, 0.29) is 24.1 Å². The van der Waals surface area contributed by atoms with Crippen molar-refractivity contribution in [2.75, 3.05) is 0 Å².